The van der Waals surface area contributed by atoms with Crippen LogP contribution in [0.1, 0.15) is 31.1 Å². The van der Waals surface area contributed by atoms with Gasteiger partial charge in [0.1, 0.15) is 0 Å². The summed E-state index contributed by atoms with van der Waals surface area (Å²) in [5.41, 5.74) is 8.16. The standard InChI is InChI=1S/C16H25N3O/c1-12(2)11-18-6-8-19(9-7-18)14-4-5-16(17)15(10-14)13(3)20/h4-5,10,12H,6-9,11,17H2,1-3H3. The van der Waals surface area contributed by atoms with Crippen molar-refractivity contribution in [2.45, 2.75) is 20.8 Å². The van der Waals surface area contributed by atoms with E-state index in [9.17, 15) is 4.79 Å². The number of carbonyl (C=O) groups excluding carboxylic acids is 1. The van der Waals surface area contributed by atoms with Crippen LogP contribution in [0.4, 0.5) is 11.4 Å². The number of Topliss-reactive ketones (excluding diaryl/α,β-unsaturated/α-hetero) is 1. The van der Waals surface area contributed by atoms with E-state index in [-0.39, 0.29) is 5.78 Å². The lowest BCUT2D eigenvalue weighted by molar-refractivity contribution is 0.101. The predicted octanol–water partition coefficient (Wildman–Crippen LogP) is 2.25. The summed E-state index contributed by atoms with van der Waals surface area (Å²) >= 11 is 0. The molecule has 0 spiro atoms. The van der Waals surface area contributed by atoms with Crippen LogP contribution in [0.2, 0.25) is 0 Å². The zero-order chi connectivity index (χ0) is 14.7. The summed E-state index contributed by atoms with van der Waals surface area (Å²) in [4.78, 5) is 16.4. The third-order valence-electron chi connectivity index (χ3n) is 3.78. The Morgan fingerprint density at radius 3 is 2.45 bits per heavy atom. The Bertz CT molecular complexity index is 477. The van der Waals surface area contributed by atoms with Gasteiger partial charge in [-0.05, 0) is 31.0 Å². The molecule has 0 radical (unpaired) electrons. The lowest BCUT2D eigenvalue weighted by Crippen LogP contribution is -2.47. The average Bonchev–Trinajstić information content (AvgIpc) is 2.39. The van der Waals surface area contributed by atoms with Gasteiger partial charge in [0.2, 0.25) is 0 Å². The molecule has 2 N–H and O–H groups in total. The maximum Gasteiger partial charge on any atom is 0.161 e. The SMILES string of the molecule is CC(=O)c1cc(N2CCN(CC(C)C)CC2)ccc1N. The van der Waals surface area contributed by atoms with E-state index in [2.05, 4.69) is 23.6 Å². The highest BCUT2D eigenvalue weighted by molar-refractivity contribution is 6.00. The van der Waals surface area contributed by atoms with Crippen LogP contribution >= 0.6 is 0 Å². The minimum absolute atomic E-state index is 0.0304. The summed E-state index contributed by atoms with van der Waals surface area (Å²) in [6.45, 7) is 11.4. The van der Waals surface area contributed by atoms with Crippen molar-refractivity contribution in [3.05, 3.63) is 23.8 Å². The summed E-state index contributed by atoms with van der Waals surface area (Å²) in [5.74, 6) is 0.741. The molecule has 4 heteroatoms. The third-order valence-corrected chi connectivity index (χ3v) is 3.78. The van der Waals surface area contributed by atoms with Gasteiger partial charge in [0.05, 0.1) is 0 Å². The fraction of sp³-hybridized carbons (Fsp3) is 0.562. The van der Waals surface area contributed by atoms with E-state index < -0.39 is 0 Å². The molecule has 0 saturated carbocycles. The van der Waals surface area contributed by atoms with Crippen LogP contribution < -0.4 is 10.6 Å². The number of piperazine rings is 1. The second-order valence-corrected chi connectivity index (χ2v) is 6.01. The summed E-state index contributed by atoms with van der Waals surface area (Å²) in [6, 6.07) is 5.78. The van der Waals surface area contributed by atoms with Gasteiger partial charge in [0, 0.05) is 49.7 Å². The van der Waals surface area contributed by atoms with Gasteiger partial charge in [-0.1, -0.05) is 13.8 Å². The van der Waals surface area contributed by atoms with E-state index in [1.165, 1.54) is 0 Å². The smallest absolute Gasteiger partial charge is 0.161 e. The van der Waals surface area contributed by atoms with Gasteiger partial charge in [-0.25, -0.2) is 0 Å². The quantitative estimate of drug-likeness (QED) is 0.676. The Hall–Kier alpha value is -1.55. The van der Waals surface area contributed by atoms with Crippen LogP contribution in [-0.2, 0) is 0 Å². The molecule has 0 aromatic heterocycles. The van der Waals surface area contributed by atoms with Crippen molar-refractivity contribution in [3.8, 4) is 0 Å². The Morgan fingerprint density at radius 1 is 1.25 bits per heavy atom. The molecule has 0 aliphatic carbocycles. The van der Waals surface area contributed by atoms with Crippen LogP contribution in [0.3, 0.4) is 0 Å². The Kier molecular flexibility index (Phi) is 4.65. The second-order valence-electron chi connectivity index (χ2n) is 6.01. The molecule has 1 heterocycles. The van der Waals surface area contributed by atoms with E-state index in [4.69, 9.17) is 5.73 Å². The fourth-order valence-corrected chi connectivity index (χ4v) is 2.75. The lowest BCUT2D eigenvalue weighted by Gasteiger charge is -2.37. The molecule has 1 aromatic carbocycles. The van der Waals surface area contributed by atoms with Crippen LogP contribution in [-0.4, -0.2) is 43.4 Å². The molecule has 0 atom stereocenters. The summed E-state index contributed by atoms with van der Waals surface area (Å²) in [6.07, 6.45) is 0. The summed E-state index contributed by atoms with van der Waals surface area (Å²) < 4.78 is 0. The number of nitrogen functional groups attached to an aromatic ring is 1. The summed E-state index contributed by atoms with van der Waals surface area (Å²) in [5, 5.41) is 0. The van der Waals surface area contributed by atoms with Crippen LogP contribution in [0, 0.1) is 5.92 Å². The topological polar surface area (TPSA) is 49.6 Å². The first-order valence-electron chi connectivity index (χ1n) is 7.35. The number of hydrogen-bond donors (Lipinski definition) is 1. The molecule has 0 amide bonds. The number of hydrogen-bond acceptors (Lipinski definition) is 4. The minimum Gasteiger partial charge on any atom is -0.398 e. The van der Waals surface area contributed by atoms with Crippen molar-refractivity contribution in [3.63, 3.8) is 0 Å². The molecule has 20 heavy (non-hydrogen) atoms. The molecule has 0 unspecified atom stereocenters. The highest BCUT2D eigenvalue weighted by Crippen LogP contribution is 2.23. The molecule has 0 bridgehead atoms. The van der Waals surface area contributed by atoms with Crippen LogP contribution in [0.5, 0.6) is 0 Å². The third kappa shape index (κ3) is 3.51. The number of ketones is 1. The number of rotatable bonds is 4. The minimum atomic E-state index is 0.0304. The number of carbonyl (C=O) groups is 1. The number of anilines is 2. The molecule has 1 aliphatic heterocycles. The monoisotopic (exact) mass is 275 g/mol. The fourth-order valence-electron chi connectivity index (χ4n) is 2.75. The van der Waals surface area contributed by atoms with E-state index in [0.29, 0.717) is 17.2 Å². The van der Waals surface area contributed by atoms with Crippen LogP contribution in [0.25, 0.3) is 0 Å². The number of nitrogens with two attached hydrogens (primary N) is 1. The molecule has 2 rings (SSSR count). The van der Waals surface area contributed by atoms with Crippen molar-refractivity contribution < 1.29 is 4.79 Å². The van der Waals surface area contributed by atoms with Gasteiger partial charge in [0.25, 0.3) is 0 Å². The Morgan fingerprint density at radius 2 is 1.90 bits per heavy atom. The highest BCUT2D eigenvalue weighted by atomic mass is 16.1. The first-order chi connectivity index (χ1) is 9.47. The molecular weight excluding hydrogens is 250 g/mol. The first kappa shape index (κ1) is 14.9. The Balaban J connectivity index is 2.03. The van der Waals surface area contributed by atoms with E-state index in [1.54, 1.807) is 6.92 Å². The molecule has 1 fully saturated rings. The zero-order valence-corrected chi connectivity index (χ0v) is 12.7. The predicted molar refractivity (Wildman–Crippen MR) is 84.3 cm³/mol. The van der Waals surface area contributed by atoms with Gasteiger partial charge < -0.3 is 10.6 Å². The maximum atomic E-state index is 11.6. The lowest BCUT2D eigenvalue weighted by atomic mass is 10.1. The van der Waals surface area contributed by atoms with Gasteiger partial charge in [-0.2, -0.15) is 0 Å². The summed E-state index contributed by atoms with van der Waals surface area (Å²) in [7, 11) is 0. The molecule has 4 nitrogen and oxygen atoms in total. The second kappa shape index (κ2) is 6.27. The van der Waals surface area contributed by atoms with Crippen molar-refractivity contribution in [2.24, 2.45) is 5.92 Å². The van der Waals surface area contributed by atoms with E-state index in [0.717, 1.165) is 38.4 Å². The molecule has 1 aliphatic rings. The molecule has 110 valence electrons. The van der Waals surface area contributed by atoms with E-state index >= 15 is 0 Å². The number of benzene rings is 1. The van der Waals surface area contributed by atoms with Crippen LogP contribution in [0.15, 0.2) is 18.2 Å². The van der Waals surface area contributed by atoms with Gasteiger partial charge in [-0.3, -0.25) is 9.69 Å². The maximum absolute atomic E-state index is 11.6. The van der Waals surface area contributed by atoms with E-state index in [1.807, 2.05) is 18.2 Å². The number of nitrogens with zero attached hydrogens (tertiary/aromatic N) is 2. The van der Waals surface area contributed by atoms with Gasteiger partial charge in [-0.15, -0.1) is 0 Å². The van der Waals surface area contributed by atoms with Crippen molar-refractivity contribution in [1.29, 1.82) is 0 Å². The highest BCUT2D eigenvalue weighted by Gasteiger charge is 2.18. The Labute approximate surface area is 121 Å². The zero-order valence-electron chi connectivity index (χ0n) is 12.7. The van der Waals surface area contributed by atoms with Crippen molar-refractivity contribution in [1.82, 2.24) is 4.90 Å². The van der Waals surface area contributed by atoms with Gasteiger partial charge >= 0.3 is 0 Å². The molecule has 1 saturated heterocycles. The average molecular weight is 275 g/mol. The largest absolute Gasteiger partial charge is 0.398 e. The van der Waals surface area contributed by atoms with Crippen molar-refractivity contribution >= 4 is 17.2 Å². The van der Waals surface area contributed by atoms with Gasteiger partial charge in [0.15, 0.2) is 5.78 Å². The molecule has 1 aromatic rings. The molecular formula is C16H25N3O. The normalized spacial score (nSPS) is 16.7. The van der Waals surface area contributed by atoms with Crippen molar-refractivity contribution in [2.75, 3.05) is 43.4 Å². The first-order valence-corrected chi connectivity index (χ1v) is 7.35.